The van der Waals surface area contributed by atoms with Gasteiger partial charge in [-0.1, -0.05) is 51.0 Å². The topological polar surface area (TPSA) is 0 Å². The first-order valence-electron chi connectivity index (χ1n) is 5.25. The Bertz CT molecular complexity index is 238. The molecule has 0 amide bonds. The molecule has 0 atom stereocenters. The van der Waals surface area contributed by atoms with Crippen molar-refractivity contribution in [2.75, 3.05) is 0 Å². The first-order valence-corrected chi connectivity index (χ1v) is 5.25. The summed E-state index contributed by atoms with van der Waals surface area (Å²) >= 11 is 0. The summed E-state index contributed by atoms with van der Waals surface area (Å²) in [5.41, 5.74) is 2.82. The van der Waals surface area contributed by atoms with E-state index in [4.69, 9.17) is 0 Å². The molecule has 0 aliphatic carbocycles. The monoisotopic (exact) mass is 175 g/mol. The predicted octanol–water partition coefficient (Wildman–Crippen LogP) is 3.99. The van der Waals surface area contributed by atoms with E-state index in [9.17, 15) is 0 Å². The molecule has 0 heterocycles. The van der Waals surface area contributed by atoms with Crippen molar-refractivity contribution >= 4 is 0 Å². The van der Waals surface area contributed by atoms with Gasteiger partial charge in [-0.2, -0.15) is 0 Å². The summed E-state index contributed by atoms with van der Waals surface area (Å²) in [6.45, 7) is 4.33. The van der Waals surface area contributed by atoms with E-state index in [0.29, 0.717) is 0 Å². The zero-order chi connectivity index (χ0) is 9.52. The van der Waals surface area contributed by atoms with Crippen LogP contribution in [0.1, 0.15) is 44.2 Å². The molecule has 0 saturated carbocycles. The van der Waals surface area contributed by atoms with Gasteiger partial charge in [-0.15, -0.1) is 0 Å². The SMILES string of the molecule is C[CH]c1cccc(CCCCC)c1. The number of hydrogen-bond acceptors (Lipinski definition) is 0. The molecule has 71 valence electrons. The smallest absolute Gasteiger partial charge is 0.0124 e. The fraction of sp³-hybridized carbons (Fsp3) is 0.462. The van der Waals surface area contributed by atoms with Gasteiger partial charge in [-0.3, -0.25) is 0 Å². The van der Waals surface area contributed by atoms with Gasteiger partial charge in [0.05, 0.1) is 0 Å². The van der Waals surface area contributed by atoms with E-state index in [1.807, 2.05) is 0 Å². The maximum Gasteiger partial charge on any atom is -0.0124 e. The van der Waals surface area contributed by atoms with Crippen molar-refractivity contribution in [2.45, 2.75) is 39.5 Å². The van der Waals surface area contributed by atoms with E-state index < -0.39 is 0 Å². The van der Waals surface area contributed by atoms with E-state index in [2.05, 4.69) is 44.5 Å². The Labute approximate surface area is 82.0 Å². The van der Waals surface area contributed by atoms with Gasteiger partial charge in [0.25, 0.3) is 0 Å². The fourth-order valence-corrected chi connectivity index (χ4v) is 1.51. The van der Waals surface area contributed by atoms with E-state index in [-0.39, 0.29) is 0 Å². The van der Waals surface area contributed by atoms with Crippen molar-refractivity contribution in [3.63, 3.8) is 0 Å². The molecular weight excluding hydrogens is 156 g/mol. The molecule has 1 radical (unpaired) electrons. The zero-order valence-electron chi connectivity index (χ0n) is 8.72. The van der Waals surface area contributed by atoms with Gasteiger partial charge in [-0.25, -0.2) is 0 Å². The third kappa shape index (κ3) is 3.63. The molecule has 0 aliphatic rings. The third-order valence-electron chi connectivity index (χ3n) is 2.35. The molecule has 1 rings (SSSR count). The van der Waals surface area contributed by atoms with Crippen LogP contribution in [0.4, 0.5) is 0 Å². The van der Waals surface area contributed by atoms with Gasteiger partial charge < -0.3 is 0 Å². The van der Waals surface area contributed by atoms with Crippen LogP contribution < -0.4 is 0 Å². The van der Waals surface area contributed by atoms with E-state index in [1.54, 1.807) is 0 Å². The molecule has 1 aromatic rings. The van der Waals surface area contributed by atoms with Crippen molar-refractivity contribution < 1.29 is 0 Å². The Morgan fingerprint density at radius 1 is 1.23 bits per heavy atom. The van der Waals surface area contributed by atoms with Crippen molar-refractivity contribution in [1.29, 1.82) is 0 Å². The molecule has 1 aromatic carbocycles. The quantitative estimate of drug-likeness (QED) is 0.593. The second-order valence-electron chi connectivity index (χ2n) is 3.49. The first kappa shape index (κ1) is 10.3. The number of rotatable bonds is 5. The summed E-state index contributed by atoms with van der Waals surface area (Å²) in [5.74, 6) is 0. The van der Waals surface area contributed by atoms with E-state index >= 15 is 0 Å². The van der Waals surface area contributed by atoms with Crippen LogP contribution in [-0.4, -0.2) is 0 Å². The second kappa shape index (κ2) is 5.80. The van der Waals surface area contributed by atoms with E-state index in [1.165, 1.54) is 36.8 Å². The number of benzene rings is 1. The van der Waals surface area contributed by atoms with E-state index in [0.717, 1.165) is 0 Å². The van der Waals surface area contributed by atoms with Crippen molar-refractivity contribution in [1.82, 2.24) is 0 Å². The molecule has 0 aromatic heterocycles. The Morgan fingerprint density at radius 3 is 2.77 bits per heavy atom. The third-order valence-corrected chi connectivity index (χ3v) is 2.35. The first-order chi connectivity index (χ1) is 6.36. The molecule has 0 nitrogen and oxygen atoms in total. The fourth-order valence-electron chi connectivity index (χ4n) is 1.51. The highest BCUT2D eigenvalue weighted by atomic mass is 14.0. The summed E-state index contributed by atoms with van der Waals surface area (Å²) in [4.78, 5) is 0. The van der Waals surface area contributed by atoms with Crippen LogP contribution in [0.5, 0.6) is 0 Å². The minimum atomic E-state index is 1.23. The number of hydrogen-bond donors (Lipinski definition) is 0. The molecule has 0 bridgehead atoms. The van der Waals surface area contributed by atoms with Crippen LogP contribution in [0.15, 0.2) is 24.3 Å². The average Bonchev–Trinajstić information content (AvgIpc) is 2.19. The Hall–Kier alpha value is -0.780. The lowest BCUT2D eigenvalue weighted by molar-refractivity contribution is 0.717. The molecule has 0 spiro atoms. The molecule has 13 heavy (non-hydrogen) atoms. The van der Waals surface area contributed by atoms with Crippen LogP contribution in [0.2, 0.25) is 0 Å². The van der Waals surface area contributed by atoms with Crippen LogP contribution >= 0.6 is 0 Å². The lowest BCUT2D eigenvalue weighted by Gasteiger charge is -2.02. The van der Waals surface area contributed by atoms with Crippen molar-refractivity contribution in [3.05, 3.63) is 41.8 Å². The summed E-state index contributed by atoms with van der Waals surface area (Å²) in [6.07, 6.45) is 7.36. The molecular formula is C13H19. The van der Waals surface area contributed by atoms with Crippen molar-refractivity contribution in [3.8, 4) is 0 Å². The Kier molecular flexibility index (Phi) is 4.59. The van der Waals surface area contributed by atoms with Crippen molar-refractivity contribution in [2.24, 2.45) is 0 Å². The lowest BCUT2D eigenvalue weighted by atomic mass is 10.0. The molecule has 0 heteroatoms. The number of unbranched alkanes of at least 4 members (excludes halogenated alkanes) is 2. The largest absolute Gasteiger partial charge is 0.0654 e. The lowest BCUT2D eigenvalue weighted by Crippen LogP contribution is -1.87. The minimum Gasteiger partial charge on any atom is -0.0654 e. The van der Waals surface area contributed by atoms with Crippen LogP contribution in [0.3, 0.4) is 0 Å². The van der Waals surface area contributed by atoms with Gasteiger partial charge in [0.1, 0.15) is 0 Å². The van der Waals surface area contributed by atoms with Crippen LogP contribution in [0, 0.1) is 6.42 Å². The maximum absolute atomic E-state index is 2.29. The van der Waals surface area contributed by atoms with Crippen LogP contribution in [0.25, 0.3) is 0 Å². The van der Waals surface area contributed by atoms with Gasteiger partial charge in [0, 0.05) is 0 Å². The van der Waals surface area contributed by atoms with Gasteiger partial charge >= 0.3 is 0 Å². The molecule has 0 unspecified atom stereocenters. The molecule has 0 fully saturated rings. The highest BCUT2D eigenvalue weighted by molar-refractivity contribution is 5.27. The highest BCUT2D eigenvalue weighted by Crippen LogP contribution is 2.10. The summed E-state index contributed by atoms with van der Waals surface area (Å²) in [5, 5.41) is 0. The predicted molar refractivity (Wildman–Crippen MR) is 58.7 cm³/mol. The molecule has 0 N–H and O–H groups in total. The zero-order valence-corrected chi connectivity index (χ0v) is 8.72. The standard InChI is InChI=1S/C13H19/c1-3-5-6-8-13-10-7-9-12(4-2)11-13/h4,7,9-11H,3,5-6,8H2,1-2H3. The summed E-state index contributed by atoms with van der Waals surface area (Å²) in [6, 6.07) is 8.82. The molecule has 0 aliphatic heterocycles. The normalized spacial score (nSPS) is 10.3. The van der Waals surface area contributed by atoms with Gasteiger partial charge in [0.2, 0.25) is 0 Å². The number of aryl methyl sites for hydroxylation is 1. The minimum absolute atomic E-state index is 1.23. The summed E-state index contributed by atoms with van der Waals surface area (Å²) < 4.78 is 0. The Balaban J connectivity index is 2.46. The average molecular weight is 175 g/mol. The highest BCUT2D eigenvalue weighted by Gasteiger charge is 1.94. The van der Waals surface area contributed by atoms with Gasteiger partial charge in [0.15, 0.2) is 0 Å². The molecule has 0 saturated heterocycles. The second-order valence-corrected chi connectivity index (χ2v) is 3.49. The van der Waals surface area contributed by atoms with Crippen LogP contribution in [-0.2, 0) is 6.42 Å². The summed E-state index contributed by atoms with van der Waals surface area (Å²) in [7, 11) is 0. The van der Waals surface area contributed by atoms with Gasteiger partial charge in [-0.05, 0) is 30.4 Å². The Morgan fingerprint density at radius 2 is 2.08 bits per heavy atom. The maximum atomic E-state index is 2.29.